The predicted molar refractivity (Wildman–Crippen MR) is 234 cm³/mol. The van der Waals surface area contributed by atoms with Crippen LogP contribution in [0.15, 0.2) is 199 Å². The Bertz CT molecular complexity index is 3130. The highest BCUT2D eigenvalue weighted by atomic mass is 14.7. The van der Waals surface area contributed by atoms with Crippen molar-refractivity contribution in [3.8, 4) is 22.3 Å². The molecule has 3 nitrogen and oxygen atoms in total. The molecule has 0 spiro atoms. The third kappa shape index (κ3) is 5.98. The topological polar surface area (TPSA) is 52.0 Å². The van der Waals surface area contributed by atoms with Crippen molar-refractivity contribution in [1.82, 2.24) is 4.98 Å². The van der Waals surface area contributed by atoms with Crippen LogP contribution >= 0.6 is 0 Å². The summed E-state index contributed by atoms with van der Waals surface area (Å²) in [5.74, 6) is 0. The third-order valence-corrected chi connectivity index (χ3v) is 10.7. The van der Waals surface area contributed by atoms with E-state index in [-0.39, 0.29) is 0 Å². The number of aliphatic imine (C=N–C) groups is 1. The van der Waals surface area contributed by atoms with Gasteiger partial charge in [0.05, 0.1) is 11.4 Å². The minimum atomic E-state index is 0.397. The number of rotatable bonds is 7. The highest BCUT2D eigenvalue weighted by Crippen LogP contribution is 2.34. The van der Waals surface area contributed by atoms with Gasteiger partial charge in [-0.15, -0.1) is 0 Å². The van der Waals surface area contributed by atoms with E-state index in [0.717, 1.165) is 66.4 Å². The van der Waals surface area contributed by atoms with E-state index < -0.39 is 0 Å². The fraction of sp³-hybridized carbons (Fsp3) is 0. The maximum atomic E-state index is 9.27. The maximum absolute atomic E-state index is 9.27. The summed E-state index contributed by atoms with van der Waals surface area (Å²) in [6.07, 6.45) is 3.89. The van der Waals surface area contributed by atoms with Crippen LogP contribution in [0.5, 0.6) is 0 Å². The Hall–Kier alpha value is -7.36. The summed E-state index contributed by atoms with van der Waals surface area (Å²) in [6, 6.07) is 65.9. The van der Waals surface area contributed by atoms with E-state index >= 15 is 0 Å². The second kappa shape index (κ2) is 13.6. The van der Waals surface area contributed by atoms with Crippen molar-refractivity contribution in [3.63, 3.8) is 0 Å². The molecular formula is C52H35N3. The van der Waals surface area contributed by atoms with E-state index in [9.17, 15) is 5.41 Å². The van der Waals surface area contributed by atoms with Gasteiger partial charge in [-0.25, -0.2) is 0 Å². The monoisotopic (exact) mass is 701 g/mol. The highest BCUT2D eigenvalue weighted by molar-refractivity contribution is 6.21. The molecule has 55 heavy (non-hydrogen) atoms. The molecule has 0 bridgehead atoms. The Morgan fingerprint density at radius 1 is 0.418 bits per heavy atom. The second-order valence-electron chi connectivity index (χ2n) is 14.0. The number of para-hydroxylation sites is 1. The molecule has 0 fully saturated rings. The largest absolute Gasteiger partial charge is 0.354 e. The van der Waals surface area contributed by atoms with Crippen molar-refractivity contribution in [2.45, 2.75) is 0 Å². The van der Waals surface area contributed by atoms with E-state index in [0.29, 0.717) is 5.71 Å². The molecule has 0 unspecified atom stereocenters. The van der Waals surface area contributed by atoms with Crippen molar-refractivity contribution >= 4 is 71.7 Å². The number of hydrogen-bond donors (Lipinski definition) is 2. The summed E-state index contributed by atoms with van der Waals surface area (Å²) in [7, 11) is 0. The summed E-state index contributed by atoms with van der Waals surface area (Å²) in [4.78, 5) is 8.82. The summed E-state index contributed by atoms with van der Waals surface area (Å²) in [5.41, 5.74) is 10.7. The molecule has 10 rings (SSSR count). The van der Waals surface area contributed by atoms with Crippen LogP contribution in [-0.2, 0) is 0 Å². The van der Waals surface area contributed by atoms with Gasteiger partial charge in [-0.1, -0.05) is 170 Å². The molecule has 0 aliphatic heterocycles. The Morgan fingerprint density at radius 3 is 1.80 bits per heavy atom. The van der Waals surface area contributed by atoms with Crippen LogP contribution in [0.25, 0.3) is 82.1 Å². The maximum Gasteiger partial charge on any atom is 0.0723 e. The fourth-order valence-electron chi connectivity index (χ4n) is 7.88. The Kier molecular flexibility index (Phi) is 7.96. The molecule has 0 aliphatic rings. The van der Waals surface area contributed by atoms with Crippen molar-refractivity contribution in [1.29, 1.82) is 5.41 Å². The number of benzene rings is 9. The minimum Gasteiger partial charge on any atom is -0.354 e. The molecule has 0 saturated heterocycles. The zero-order valence-electron chi connectivity index (χ0n) is 30.0. The zero-order chi connectivity index (χ0) is 36.7. The van der Waals surface area contributed by atoms with E-state index in [2.05, 4.69) is 163 Å². The van der Waals surface area contributed by atoms with Crippen LogP contribution in [0.4, 0.5) is 0 Å². The van der Waals surface area contributed by atoms with Crippen LogP contribution in [-0.4, -0.2) is 16.9 Å². The number of fused-ring (bicyclic) bond motifs is 7. The summed E-state index contributed by atoms with van der Waals surface area (Å²) in [5, 5.41) is 18.8. The molecule has 1 aromatic heterocycles. The molecule has 2 N–H and O–H groups in total. The Labute approximate surface area is 319 Å². The van der Waals surface area contributed by atoms with Crippen LogP contribution in [0.1, 0.15) is 16.7 Å². The first kappa shape index (κ1) is 32.3. The van der Waals surface area contributed by atoms with Gasteiger partial charge in [-0.2, -0.15) is 0 Å². The smallest absolute Gasteiger partial charge is 0.0723 e. The van der Waals surface area contributed by atoms with E-state index in [1.165, 1.54) is 32.3 Å². The van der Waals surface area contributed by atoms with Crippen LogP contribution in [0.2, 0.25) is 0 Å². The standard InChI is InChI=1S/C52H35N3/c53-49(38-22-18-35(19-23-38)34-10-2-1-3-11-34)32-51(39-24-20-36(21-25-39)40-27-29-46-45-16-8-9-17-50(45)55-52(46)31-40)54-33-48-43-15-7-5-13-41(43)30-47-42-14-6-4-12-37(42)26-28-44(47)48/h1-33,53,55H/b51-32-,53-49?,54-33?. The molecule has 0 aliphatic carbocycles. The predicted octanol–water partition coefficient (Wildman–Crippen LogP) is 13.6. The Balaban J connectivity index is 1.07. The first-order chi connectivity index (χ1) is 27.2. The number of nitrogens with one attached hydrogen (secondary N) is 2. The van der Waals surface area contributed by atoms with Gasteiger partial charge in [-0.3, -0.25) is 4.99 Å². The quantitative estimate of drug-likeness (QED) is 0.0944. The van der Waals surface area contributed by atoms with E-state index in [1.807, 2.05) is 42.6 Å². The lowest BCUT2D eigenvalue weighted by Crippen LogP contribution is -1.97. The zero-order valence-corrected chi connectivity index (χ0v) is 30.0. The van der Waals surface area contributed by atoms with Crippen LogP contribution in [0.3, 0.4) is 0 Å². The molecule has 0 amide bonds. The summed E-state index contributed by atoms with van der Waals surface area (Å²) >= 11 is 0. The van der Waals surface area contributed by atoms with Gasteiger partial charge in [-0.05, 0) is 84.4 Å². The SMILES string of the molecule is N=C(/C=C(\N=Cc1c2ccccc2cc2c1ccc1ccccc12)c1ccc(-c2ccc3c(c2)[nH]c2ccccc23)cc1)c1ccc(-c2ccccc2)cc1. The fourth-order valence-corrected chi connectivity index (χ4v) is 7.88. The van der Waals surface area contributed by atoms with Gasteiger partial charge in [0.15, 0.2) is 0 Å². The highest BCUT2D eigenvalue weighted by Gasteiger charge is 2.12. The minimum absolute atomic E-state index is 0.397. The molecule has 3 heteroatoms. The van der Waals surface area contributed by atoms with Gasteiger partial charge in [0.1, 0.15) is 0 Å². The first-order valence-electron chi connectivity index (χ1n) is 18.6. The van der Waals surface area contributed by atoms with Crippen molar-refractivity contribution in [2.75, 3.05) is 0 Å². The lowest BCUT2D eigenvalue weighted by molar-refractivity contribution is 1.47. The van der Waals surface area contributed by atoms with Gasteiger partial charge in [0.2, 0.25) is 0 Å². The average Bonchev–Trinajstić information content (AvgIpc) is 3.63. The van der Waals surface area contributed by atoms with Gasteiger partial charge in [0.25, 0.3) is 0 Å². The number of allylic oxidation sites excluding steroid dienone is 1. The number of nitrogens with zero attached hydrogens (tertiary/aromatic N) is 1. The molecular weight excluding hydrogens is 667 g/mol. The number of aromatic nitrogens is 1. The van der Waals surface area contributed by atoms with Gasteiger partial charge < -0.3 is 10.4 Å². The van der Waals surface area contributed by atoms with Crippen LogP contribution < -0.4 is 0 Å². The summed E-state index contributed by atoms with van der Waals surface area (Å²) < 4.78 is 0. The lowest BCUT2D eigenvalue weighted by Gasteiger charge is -2.12. The van der Waals surface area contributed by atoms with E-state index in [4.69, 9.17) is 4.99 Å². The Morgan fingerprint density at radius 2 is 1.00 bits per heavy atom. The molecule has 0 atom stereocenters. The molecule has 10 aromatic rings. The van der Waals surface area contributed by atoms with Gasteiger partial charge in [0, 0.05) is 39.1 Å². The lowest BCUT2D eigenvalue weighted by atomic mass is 9.94. The van der Waals surface area contributed by atoms with Crippen molar-refractivity contribution in [2.24, 2.45) is 4.99 Å². The molecule has 9 aromatic carbocycles. The second-order valence-corrected chi connectivity index (χ2v) is 14.0. The van der Waals surface area contributed by atoms with Crippen molar-refractivity contribution < 1.29 is 0 Å². The first-order valence-corrected chi connectivity index (χ1v) is 18.6. The number of H-pyrrole nitrogens is 1. The van der Waals surface area contributed by atoms with E-state index in [1.54, 1.807) is 0 Å². The number of aromatic amines is 1. The number of hydrogen-bond acceptors (Lipinski definition) is 2. The third-order valence-electron chi connectivity index (χ3n) is 10.7. The molecule has 0 saturated carbocycles. The molecule has 1 heterocycles. The normalized spacial score (nSPS) is 12.1. The average molecular weight is 702 g/mol. The van der Waals surface area contributed by atoms with Crippen molar-refractivity contribution in [3.05, 3.63) is 211 Å². The molecule has 258 valence electrons. The van der Waals surface area contributed by atoms with Gasteiger partial charge >= 0.3 is 0 Å². The molecule has 0 radical (unpaired) electrons. The summed E-state index contributed by atoms with van der Waals surface area (Å²) in [6.45, 7) is 0. The van der Waals surface area contributed by atoms with Crippen LogP contribution in [0, 0.1) is 5.41 Å².